The lowest BCUT2D eigenvalue weighted by molar-refractivity contribution is -0.131. The Morgan fingerprint density at radius 3 is 2.68 bits per heavy atom. The first kappa shape index (κ1) is 14.8. The molecular weight excluding hydrogens is 236 g/mol. The minimum Gasteiger partial charge on any atom is -0.343 e. The van der Waals surface area contributed by atoms with Crippen molar-refractivity contribution in [1.29, 1.82) is 0 Å². The molecule has 0 aromatic carbocycles. The third-order valence-electron chi connectivity index (χ3n) is 4.92. The van der Waals surface area contributed by atoms with Crippen molar-refractivity contribution in [3.63, 3.8) is 0 Å². The summed E-state index contributed by atoms with van der Waals surface area (Å²) in [7, 11) is 0. The molecule has 19 heavy (non-hydrogen) atoms. The summed E-state index contributed by atoms with van der Waals surface area (Å²) in [5.41, 5.74) is 0.421. The van der Waals surface area contributed by atoms with E-state index in [1.807, 2.05) is 0 Å². The molecule has 0 radical (unpaired) electrons. The van der Waals surface area contributed by atoms with E-state index >= 15 is 0 Å². The second kappa shape index (κ2) is 6.74. The summed E-state index contributed by atoms with van der Waals surface area (Å²) in [5, 5.41) is 3.39. The average molecular weight is 266 g/mol. The van der Waals surface area contributed by atoms with Crippen molar-refractivity contribution in [2.24, 2.45) is 11.3 Å². The maximum Gasteiger partial charge on any atom is 0.222 e. The molecule has 2 fully saturated rings. The van der Waals surface area contributed by atoms with Crippen LogP contribution in [0.1, 0.15) is 58.8 Å². The van der Waals surface area contributed by atoms with Crippen LogP contribution in [0.4, 0.5) is 0 Å². The predicted molar refractivity (Wildman–Crippen MR) is 79.0 cm³/mol. The van der Waals surface area contributed by atoms with Gasteiger partial charge in [0, 0.05) is 19.5 Å². The first-order valence-corrected chi connectivity index (χ1v) is 8.05. The van der Waals surface area contributed by atoms with Crippen molar-refractivity contribution >= 4 is 5.91 Å². The van der Waals surface area contributed by atoms with Gasteiger partial charge in [-0.15, -0.1) is 0 Å². The molecule has 3 heteroatoms. The lowest BCUT2D eigenvalue weighted by Crippen LogP contribution is -2.33. The molecule has 2 saturated heterocycles. The number of carbonyl (C=O) groups excluding carboxylic acids is 1. The molecule has 1 amide bonds. The zero-order valence-electron chi connectivity index (χ0n) is 12.7. The minimum absolute atomic E-state index is 0.399. The fraction of sp³-hybridized carbons (Fsp3) is 0.938. The summed E-state index contributed by atoms with van der Waals surface area (Å²) in [6, 6.07) is 0. The fourth-order valence-corrected chi connectivity index (χ4v) is 3.33. The number of nitrogens with zero attached hydrogens (tertiary/aromatic N) is 1. The van der Waals surface area contributed by atoms with E-state index in [0.29, 0.717) is 11.3 Å². The van der Waals surface area contributed by atoms with Crippen LogP contribution >= 0.6 is 0 Å². The van der Waals surface area contributed by atoms with Crippen LogP contribution in [0.25, 0.3) is 0 Å². The lowest BCUT2D eigenvalue weighted by atomic mass is 9.85. The molecule has 0 atom stereocenters. The van der Waals surface area contributed by atoms with Crippen LogP contribution in [0.15, 0.2) is 0 Å². The normalized spacial score (nSPS) is 25.1. The first-order valence-electron chi connectivity index (χ1n) is 8.05. The second-order valence-electron chi connectivity index (χ2n) is 7.13. The Hall–Kier alpha value is -0.570. The average Bonchev–Trinajstić information content (AvgIpc) is 2.58. The van der Waals surface area contributed by atoms with Crippen molar-refractivity contribution in [2.45, 2.75) is 58.8 Å². The van der Waals surface area contributed by atoms with Crippen LogP contribution in [-0.4, -0.2) is 37.0 Å². The van der Waals surface area contributed by atoms with E-state index in [0.717, 1.165) is 51.4 Å². The lowest BCUT2D eigenvalue weighted by Gasteiger charge is -2.25. The molecule has 0 unspecified atom stereocenters. The summed E-state index contributed by atoms with van der Waals surface area (Å²) in [6.07, 6.45) is 7.95. The Kier molecular flexibility index (Phi) is 5.26. The number of carbonyl (C=O) groups is 1. The van der Waals surface area contributed by atoms with E-state index in [-0.39, 0.29) is 0 Å². The largest absolute Gasteiger partial charge is 0.343 e. The Balaban J connectivity index is 1.73. The molecule has 2 rings (SSSR count). The van der Waals surface area contributed by atoms with E-state index in [9.17, 15) is 4.79 Å². The molecule has 1 N–H and O–H groups in total. The molecule has 0 saturated carbocycles. The van der Waals surface area contributed by atoms with Gasteiger partial charge in [0.1, 0.15) is 0 Å². The molecule has 0 aromatic heterocycles. The van der Waals surface area contributed by atoms with Gasteiger partial charge in [0.05, 0.1) is 0 Å². The number of nitrogens with one attached hydrogen (secondary N) is 1. The second-order valence-corrected chi connectivity index (χ2v) is 7.13. The van der Waals surface area contributed by atoms with Gasteiger partial charge in [0.15, 0.2) is 0 Å². The fourth-order valence-electron chi connectivity index (χ4n) is 3.33. The highest BCUT2D eigenvalue weighted by molar-refractivity contribution is 5.76. The molecule has 110 valence electrons. The van der Waals surface area contributed by atoms with Crippen LogP contribution in [0, 0.1) is 11.3 Å². The molecule has 0 aromatic rings. The Bertz CT molecular complexity index is 295. The van der Waals surface area contributed by atoms with Gasteiger partial charge in [-0.3, -0.25) is 4.79 Å². The van der Waals surface area contributed by atoms with Crippen LogP contribution in [-0.2, 0) is 4.79 Å². The molecule has 0 aliphatic carbocycles. The van der Waals surface area contributed by atoms with Gasteiger partial charge >= 0.3 is 0 Å². The molecule has 0 spiro atoms. The zero-order chi connectivity index (χ0) is 13.7. The van der Waals surface area contributed by atoms with Crippen LogP contribution in [0.5, 0.6) is 0 Å². The van der Waals surface area contributed by atoms with E-state index < -0.39 is 0 Å². The van der Waals surface area contributed by atoms with Crippen LogP contribution in [0.3, 0.4) is 0 Å². The highest BCUT2D eigenvalue weighted by Gasteiger charge is 2.25. The van der Waals surface area contributed by atoms with Crippen molar-refractivity contribution in [1.82, 2.24) is 10.2 Å². The highest BCUT2D eigenvalue weighted by Crippen LogP contribution is 2.30. The maximum atomic E-state index is 12.3. The van der Waals surface area contributed by atoms with E-state index in [2.05, 4.69) is 24.1 Å². The molecule has 3 nitrogen and oxygen atoms in total. The van der Waals surface area contributed by atoms with Gasteiger partial charge in [-0.25, -0.2) is 0 Å². The van der Waals surface area contributed by atoms with Crippen molar-refractivity contribution in [3.8, 4) is 0 Å². The molecule has 0 bridgehead atoms. The monoisotopic (exact) mass is 266 g/mol. The Morgan fingerprint density at radius 1 is 1.21 bits per heavy atom. The minimum atomic E-state index is 0.399. The topological polar surface area (TPSA) is 32.3 Å². The third-order valence-corrected chi connectivity index (χ3v) is 4.92. The third kappa shape index (κ3) is 4.79. The number of hydrogen-bond acceptors (Lipinski definition) is 2. The van der Waals surface area contributed by atoms with Gasteiger partial charge in [0.2, 0.25) is 5.91 Å². The van der Waals surface area contributed by atoms with Gasteiger partial charge in [0.25, 0.3) is 0 Å². The summed E-state index contributed by atoms with van der Waals surface area (Å²) >= 11 is 0. The SMILES string of the molecule is CC1(C)CCCN(C(=O)CCC2CCNCC2)CC1. The van der Waals surface area contributed by atoms with E-state index in [1.54, 1.807) is 0 Å². The summed E-state index contributed by atoms with van der Waals surface area (Å²) in [4.78, 5) is 14.4. The van der Waals surface area contributed by atoms with Gasteiger partial charge in [-0.1, -0.05) is 13.8 Å². The Labute approximate surface area is 118 Å². The summed E-state index contributed by atoms with van der Waals surface area (Å²) in [5.74, 6) is 1.17. The van der Waals surface area contributed by atoms with Crippen LogP contribution in [0.2, 0.25) is 0 Å². The summed E-state index contributed by atoms with van der Waals surface area (Å²) < 4.78 is 0. The van der Waals surface area contributed by atoms with Crippen molar-refractivity contribution in [2.75, 3.05) is 26.2 Å². The van der Waals surface area contributed by atoms with Crippen molar-refractivity contribution in [3.05, 3.63) is 0 Å². The number of hydrogen-bond donors (Lipinski definition) is 1. The molecule has 2 heterocycles. The van der Waals surface area contributed by atoms with Gasteiger partial charge in [-0.05, 0) is 62.9 Å². The van der Waals surface area contributed by atoms with Crippen LogP contribution < -0.4 is 5.32 Å². The van der Waals surface area contributed by atoms with E-state index in [4.69, 9.17) is 0 Å². The molecular formula is C16H30N2O. The number of amides is 1. The van der Waals surface area contributed by atoms with Gasteiger partial charge < -0.3 is 10.2 Å². The van der Waals surface area contributed by atoms with Gasteiger partial charge in [-0.2, -0.15) is 0 Å². The molecule has 2 aliphatic rings. The maximum absolute atomic E-state index is 12.3. The first-order chi connectivity index (χ1) is 9.07. The standard InChI is InChI=1S/C16H30N2O/c1-16(2)8-3-12-18(13-9-16)15(19)5-4-14-6-10-17-11-7-14/h14,17H,3-13H2,1-2H3. The quantitative estimate of drug-likeness (QED) is 0.852. The molecule has 2 aliphatic heterocycles. The number of rotatable bonds is 3. The van der Waals surface area contributed by atoms with Crippen molar-refractivity contribution < 1.29 is 4.79 Å². The summed E-state index contributed by atoms with van der Waals surface area (Å²) in [6.45, 7) is 8.88. The highest BCUT2D eigenvalue weighted by atomic mass is 16.2. The Morgan fingerprint density at radius 2 is 1.95 bits per heavy atom. The predicted octanol–water partition coefficient (Wildman–Crippen LogP) is 2.80. The number of piperidine rings is 1. The smallest absolute Gasteiger partial charge is 0.222 e. The number of likely N-dealkylation sites (tertiary alicyclic amines) is 1. The zero-order valence-corrected chi connectivity index (χ0v) is 12.7. The van der Waals surface area contributed by atoms with E-state index in [1.165, 1.54) is 25.7 Å².